The number of thiophene rings is 2. The van der Waals surface area contributed by atoms with Gasteiger partial charge in [-0.15, -0.1) is 35.0 Å². The zero-order valence-electron chi connectivity index (χ0n) is 18.8. The van der Waals surface area contributed by atoms with E-state index in [1.807, 2.05) is 0 Å². The van der Waals surface area contributed by atoms with Crippen molar-refractivity contribution < 1.29 is 5.11 Å². The van der Waals surface area contributed by atoms with Crippen LogP contribution in [0.2, 0.25) is 0 Å². The van der Waals surface area contributed by atoms with E-state index in [-0.39, 0.29) is 0 Å². The van der Waals surface area contributed by atoms with Gasteiger partial charge < -0.3 is 5.11 Å². The Hall–Kier alpha value is -1.08. The average Bonchev–Trinajstić information content (AvgIpc) is 3.44. The second kappa shape index (κ2) is 14.8. The summed E-state index contributed by atoms with van der Waals surface area (Å²) in [5.74, 6) is 2.73. The highest BCUT2D eigenvalue weighted by molar-refractivity contribution is 7.20. The smallest absolute Gasteiger partial charge is 0.0911 e. The normalized spacial score (nSPS) is 13.2. The van der Waals surface area contributed by atoms with Crippen LogP contribution in [0.3, 0.4) is 0 Å². The van der Waals surface area contributed by atoms with Gasteiger partial charge in [0.2, 0.25) is 0 Å². The van der Waals surface area contributed by atoms with Gasteiger partial charge in [0, 0.05) is 16.9 Å². The molecule has 3 heteroatoms. The molecule has 1 unspecified atom stereocenters. The quantitative estimate of drug-likeness (QED) is 0.190. The van der Waals surface area contributed by atoms with E-state index in [0.29, 0.717) is 0 Å². The summed E-state index contributed by atoms with van der Waals surface area (Å²) in [6.45, 7) is 2.26. The molecule has 0 bridgehead atoms. The number of hydrogen-bond donors (Lipinski definition) is 1. The van der Waals surface area contributed by atoms with E-state index in [0.717, 1.165) is 44.1 Å². The van der Waals surface area contributed by atoms with Crippen molar-refractivity contribution in [2.75, 3.05) is 0 Å². The third-order valence-electron chi connectivity index (χ3n) is 6.02. The lowest BCUT2D eigenvalue weighted by Gasteiger charge is -2.29. The fourth-order valence-corrected chi connectivity index (χ4v) is 6.09. The lowest BCUT2D eigenvalue weighted by Crippen LogP contribution is -2.26. The predicted octanol–water partition coefficient (Wildman–Crippen LogP) is 9.17. The average molecular weight is 445 g/mol. The van der Waals surface area contributed by atoms with Crippen LogP contribution < -0.4 is 0 Å². The van der Waals surface area contributed by atoms with Crippen molar-refractivity contribution in [3.63, 3.8) is 0 Å². The topological polar surface area (TPSA) is 20.2 Å². The zero-order chi connectivity index (χ0) is 21.5. The molecular weight excluding hydrogens is 404 g/mol. The number of aliphatic hydroxyl groups is 1. The lowest BCUT2D eigenvalue weighted by atomic mass is 9.83. The van der Waals surface area contributed by atoms with Gasteiger partial charge in [-0.3, -0.25) is 0 Å². The largest absolute Gasteiger partial charge is 0.385 e. The van der Waals surface area contributed by atoms with E-state index in [1.165, 1.54) is 67.5 Å². The molecule has 2 heterocycles. The zero-order valence-corrected chi connectivity index (χ0v) is 20.5. The molecule has 0 spiro atoms. The van der Waals surface area contributed by atoms with Crippen molar-refractivity contribution in [1.82, 2.24) is 0 Å². The van der Waals surface area contributed by atoms with Crippen LogP contribution in [0, 0.1) is 12.3 Å². The van der Waals surface area contributed by atoms with E-state index in [2.05, 4.69) is 41.8 Å². The molecule has 2 rings (SSSR count). The fourth-order valence-electron chi connectivity index (χ4n) is 4.22. The van der Waals surface area contributed by atoms with Gasteiger partial charge in [-0.05, 0) is 42.2 Å². The summed E-state index contributed by atoms with van der Waals surface area (Å²) in [7, 11) is 0. The van der Waals surface area contributed by atoms with Crippen LogP contribution in [0.1, 0.15) is 109 Å². The first kappa shape index (κ1) is 25.2. The molecule has 0 saturated heterocycles. The monoisotopic (exact) mass is 444 g/mol. The Balaban J connectivity index is 1.92. The van der Waals surface area contributed by atoms with Crippen molar-refractivity contribution in [2.24, 2.45) is 0 Å². The summed E-state index contributed by atoms with van der Waals surface area (Å²) >= 11 is 3.55. The maximum Gasteiger partial charge on any atom is 0.0911 e. The second-order valence-corrected chi connectivity index (χ2v) is 10.4. The van der Waals surface area contributed by atoms with E-state index in [4.69, 9.17) is 6.42 Å². The van der Waals surface area contributed by atoms with E-state index < -0.39 is 5.60 Å². The minimum atomic E-state index is -0.687. The first-order chi connectivity index (χ1) is 14.7. The highest BCUT2D eigenvalue weighted by Gasteiger charge is 2.32. The first-order valence-corrected chi connectivity index (χ1v) is 13.7. The number of unbranched alkanes of at least 4 members (excludes halogenated alkanes) is 11. The van der Waals surface area contributed by atoms with Crippen LogP contribution in [0.4, 0.5) is 0 Å². The van der Waals surface area contributed by atoms with Gasteiger partial charge in [0.25, 0.3) is 0 Å². The Morgan fingerprint density at radius 2 is 1.47 bits per heavy atom. The maximum absolute atomic E-state index is 11.8. The van der Waals surface area contributed by atoms with Crippen molar-refractivity contribution >= 4 is 22.7 Å². The molecule has 0 aliphatic heterocycles. The Labute approximate surface area is 192 Å². The summed E-state index contributed by atoms with van der Waals surface area (Å²) in [5.41, 5.74) is 0.477. The van der Waals surface area contributed by atoms with Crippen LogP contribution in [0.15, 0.2) is 29.0 Å². The van der Waals surface area contributed by atoms with E-state index >= 15 is 0 Å². The predicted molar refractivity (Wildman–Crippen MR) is 135 cm³/mol. The van der Waals surface area contributed by atoms with Crippen molar-refractivity contribution in [3.05, 3.63) is 34.5 Å². The van der Waals surface area contributed by atoms with Gasteiger partial charge in [0.05, 0.1) is 10.5 Å². The van der Waals surface area contributed by atoms with Crippen molar-refractivity contribution in [3.8, 4) is 22.1 Å². The summed E-state index contributed by atoms with van der Waals surface area (Å²) in [6.07, 6.45) is 22.8. The van der Waals surface area contributed by atoms with Gasteiger partial charge in [-0.1, -0.05) is 83.6 Å². The third-order valence-corrected chi connectivity index (χ3v) is 7.98. The Kier molecular flexibility index (Phi) is 12.5. The molecule has 0 fully saturated rings. The second-order valence-electron chi connectivity index (χ2n) is 8.52. The molecule has 0 amide bonds. The van der Waals surface area contributed by atoms with Crippen LogP contribution in [0.5, 0.6) is 0 Å². The molecule has 0 radical (unpaired) electrons. The molecule has 2 aromatic rings. The van der Waals surface area contributed by atoms with Gasteiger partial charge in [-0.25, -0.2) is 0 Å². The molecule has 0 aliphatic carbocycles. The maximum atomic E-state index is 11.8. The van der Waals surface area contributed by atoms with Gasteiger partial charge >= 0.3 is 0 Å². The Morgan fingerprint density at radius 1 is 0.833 bits per heavy atom. The molecule has 166 valence electrons. The molecule has 0 aromatic carbocycles. The minimum absolute atomic E-state index is 0.687. The van der Waals surface area contributed by atoms with E-state index in [1.54, 1.807) is 22.7 Å². The molecule has 0 saturated carbocycles. The fraction of sp³-hybridized carbons (Fsp3) is 0.630. The lowest BCUT2D eigenvalue weighted by molar-refractivity contribution is 0.0141. The highest BCUT2D eigenvalue weighted by Crippen LogP contribution is 2.43. The van der Waals surface area contributed by atoms with E-state index in [9.17, 15) is 5.11 Å². The van der Waals surface area contributed by atoms with Gasteiger partial charge in [0.15, 0.2) is 0 Å². The van der Waals surface area contributed by atoms with Crippen molar-refractivity contribution in [2.45, 2.75) is 109 Å². The number of rotatable bonds is 17. The minimum Gasteiger partial charge on any atom is -0.385 e. The molecule has 1 atom stereocenters. The molecule has 0 aliphatic rings. The summed E-state index contributed by atoms with van der Waals surface area (Å²) in [6, 6.07) is 6.47. The Bertz CT molecular complexity index is 710. The number of terminal acetylenes is 1. The Morgan fingerprint density at radius 3 is 2.07 bits per heavy atom. The molecule has 30 heavy (non-hydrogen) atoms. The van der Waals surface area contributed by atoms with Crippen LogP contribution in [0.25, 0.3) is 9.75 Å². The first-order valence-electron chi connectivity index (χ1n) is 12.0. The van der Waals surface area contributed by atoms with Crippen molar-refractivity contribution in [1.29, 1.82) is 0 Å². The SMILES string of the molecule is C#CCCCCCCCCC(O)(CCCCCCCC)c1ccsc1-c1cccs1. The number of hydrogen-bond acceptors (Lipinski definition) is 3. The summed E-state index contributed by atoms with van der Waals surface area (Å²) < 4.78 is 0. The van der Waals surface area contributed by atoms with Crippen LogP contribution in [-0.4, -0.2) is 5.11 Å². The van der Waals surface area contributed by atoms with Crippen LogP contribution in [-0.2, 0) is 5.60 Å². The highest BCUT2D eigenvalue weighted by atomic mass is 32.1. The van der Waals surface area contributed by atoms with Gasteiger partial charge in [-0.2, -0.15) is 0 Å². The molecule has 2 aromatic heterocycles. The molecule has 1 nitrogen and oxygen atoms in total. The van der Waals surface area contributed by atoms with Crippen LogP contribution >= 0.6 is 22.7 Å². The molecular formula is C27H40OS2. The summed E-state index contributed by atoms with van der Waals surface area (Å²) in [5, 5.41) is 16.1. The van der Waals surface area contributed by atoms with Gasteiger partial charge in [0.1, 0.15) is 0 Å². The summed E-state index contributed by atoms with van der Waals surface area (Å²) in [4.78, 5) is 2.56. The third kappa shape index (κ3) is 8.58. The molecule has 1 N–H and O–H groups in total. The standard InChI is InChI=1S/C27H40OS2/c1-3-5-7-9-11-12-14-16-21-27(28,20-15-13-10-8-6-4-2)24-19-23-30-26(24)25-18-17-22-29-25/h1,17-19,22-23,28H,4-16,20-21H2,2H3.